The van der Waals surface area contributed by atoms with Crippen molar-refractivity contribution in [2.24, 2.45) is 11.3 Å². The smallest absolute Gasteiger partial charge is 0.353 e. The van der Waals surface area contributed by atoms with Gasteiger partial charge in [-0.2, -0.15) is 13.2 Å². The van der Waals surface area contributed by atoms with Gasteiger partial charge in [-0.05, 0) is 38.1 Å². The Morgan fingerprint density at radius 2 is 1.88 bits per heavy atom. The summed E-state index contributed by atoms with van der Waals surface area (Å²) >= 11 is 0. The molecule has 1 aliphatic carbocycles. The first-order valence-electron chi connectivity index (χ1n) is 9.16. The molecule has 0 bridgehead atoms. The summed E-state index contributed by atoms with van der Waals surface area (Å²) in [5.74, 6) is -0.403. The zero-order chi connectivity index (χ0) is 18.1. The number of likely N-dealkylation sites (tertiary alicyclic amines) is 1. The van der Waals surface area contributed by atoms with Gasteiger partial charge in [-0.3, -0.25) is 9.59 Å². The Balaban J connectivity index is 1.50. The topological polar surface area (TPSA) is 61.4 Å². The first kappa shape index (κ1) is 18.5. The number of fused-ring (bicyclic) bond motifs is 1. The lowest BCUT2D eigenvalue weighted by molar-refractivity contribution is -0.162. The van der Waals surface area contributed by atoms with E-state index in [1.165, 1.54) is 11.3 Å². The summed E-state index contributed by atoms with van der Waals surface area (Å²) in [6, 6.07) is -0.0556. The lowest BCUT2D eigenvalue weighted by Gasteiger charge is -2.39. The average molecular weight is 361 g/mol. The van der Waals surface area contributed by atoms with Crippen LogP contribution in [0.5, 0.6) is 0 Å². The van der Waals surface area contributed by atoms with Gasteiger partial charge >= 0.3 is 6.18 Å². The van der Waals surface area contributed by atoms with Crippen LogP contribution in [0.1, 0.15) is 44.9 Å². The van der Waals surface area contributed by atoms with E-state index in [0.29, 0.717) is 25.3 Å². The summed E-state index contributed by atoms with van der Waals surface area (Å²) in [5.41, 5.74) is -0.318. The molecule has 1 saturated carbocycles. The van der Waals surface area contributed by atoms with Crippen molar-refractivity contribution in [1.29, 1.82) is 0 Å². The van der Waals surface area contributed by atoms with Gasteiger partial charge in [0.15, 0.2) is 0 Å². The predicted octanol–water partition coefficient (Wildman–Crippen LogP) is 1.83. The Hall–Kier alpha value is -1.31. The van der Waals surface area contributed by atoms with Crippen molar-refractivity contribution in [2.45, 2.75) is 57.2 Å². The second-order valence-electron chi connectivity index (χ2n) is 7.65. The predicted molar refractivity (Wildman–Crippen MR) is 85.7 cm³/mol. The molecular formula is C17H26F3N3O2. The number of carbonyl (C=O) groups is 2. The number of rotatable bonds is 3. The lowest BCUT2D eigenvalue weighted by Crippen LogP contribution is -2.53. The van der Waals surface area contributed by atoms with E-state index in [-0.39, 0.29) is 30.5 Å². The lowest BCUT2D eigenvalue weighted by atomic mass is 9.67. The molecule has 0 spiro atoms. The quantitative estimate of drug-likeness (QED) is 0.806. The van der Waals surface area contributed by atoms with Crippen molar-refractivity contribution in [3.05, 3.63) is 0 Å². The van der Waals surface area contributed by atoms with E-state index in [0.717, 1.165) is 25.8 Å². The molecule has 25 heavy (non-hydrogen) atoms. The fourth-order valence-corrected chi connectivity index (χ4v) is 4.58. The minimum Gasteiger partial charge on any atom is -0.353 e. The van der Waals surface area contributed by atoms with Crippen LogP contribution in [-0.2, 0) is 9.59 Å². The Morgan fingerprint density at radius 1 is 1.16 bits per heavy atom. The third-order valence-corrected chi connectivity index (χ3v) is 6.02. The standard InChI is InChI=1S/C17H26F3N3O2/c18-17(19,20)9-14(24)23-7-4-13(5-8-23)22-15(25)16-6-2-1-3-12(16)10-21-11-16/h12-13,21H,1-11H2,(H,22,25)/t12-,16+/m0/s1. The SMILES string of the molecule is O=C(CC(F)(F)F)N1CCC(NC(=O)[C@@]23CCCC[C@H]2CNC3)CC1. The van der Waals surface area contributed by atoms with Crippen molar-refractivity contribution in [3.8, 4) is 0 Å². The highest BCUT2D eigenvalue weighted by molar-refractivity contribution is 5.84. The Morgan fingerprint density at radius 3 is 2.56 bits per heavy atom. The minimum atomic E-state index is -4.47. The molecular weight excluding hydrogens is 335 g/mol. The van der Waals surface area contributed by atoms with E-state index < -0.39 is 18.5 Å². The van der Waals surface area contributed by atoms with Gasteiger partial charge in [0.2, 0.25) is 11.8 Å². The molecule has 0 aromatic carbocycles. The van der Waals surface area contributed by atoms with Crippen molar-refractivity contribution < 1.29 is 22.8 Å². The molecule has 2 saturated heterocycles. The molecule has 0 aromatic heterocycles. The van der Waals surface area contributed by atoms with Gasteiger partial charge in [-0.25, -0.2) is 0 Å². The van der Waals surface area contributed by atoms with Crippen molar-refractivity contribution in [3.63, 3.8) is 0 Å². The van der Waals surface area contributed by atoms with Crippen LogP contribution in [-0.4, -0.2) is 55.1 Å². The van der Waals surface area contributed by atoms with Crippen LogP contribution in [0.15, 0.2) is 0 Å². The zero-order valence-corrected chi connectivity index (χ0v) is 14.3. The molecule has 0 unspecified atom stereocenters. The highest BCUT2D eigenvalue weighted by Crippen LogP contribution is 2.44. The Bertz CT molecular complexity index is 518. The molecule has 5 nitrogen and oxygen atoms in total. The third-order valence-electron chi connectivity index (χ3n) is 6.02. The molecule has 2 heterocycles. The van der Waals surface area contributed by atoms with E-state index in [1.54, 1.807) is 0 Å². The molecule has 3 aliphatic rings. The van der Waals surface area contributed by atoms with Crippen molar-refractivity contribution in [2.75, 3.05) is 26.2 Å². The highest BCUT2D eigenvalue weighted by atomic mass is 19.4. The normalized spacial score (nSPS) is 30.8. The van der Waals surface area contributed by atoms with Crippen LogP contribution in [0.3, 0.4) is 0 Å². The summed E-state index contributed by atoms with van der Waals surface area (Å²) < 4.78 is 37.0. The van der Waals surface area contributed by atoms with Crippen molar-refractivity contribution >= 4 is 11.8 Å². The van der Waals surface area contributed by atoms with Gasteiger partial charge < -0.3 is 15.5 Å². The number of amides is 2. The van der Waals surface area contributed by atoms with Gasteiger partial charge in [0.05, 0.1) is 5.41 Å². The minimum absolute atomic E-state index is 0.0556. The summed E-state index contributed by atoms with van der Waals surface area (Å²) in [4.78, 5) is 25.8. The maximum atomic E-state index is 12.9. The van der Waals surface area contributed by atoms with Gasteiger partial charge in [0.1, 0.15) is 6.42 Å². The summed E-state index contributed by atoms with van der Waals surface area (Å²) in [6.45, 7) is 2.15. The molecule has 8 heteroatoms. The number of carbonyl (C=O) groups excluding carboxylic acids is 2. The van der Waals surface area contributed by atoms with Gasteiger partial charge in [0.25, 0.3) is 0 Å². The molecule has 3 fully saturated rings. The van der Waals surface area contributed by atoms with Crippen LogP contribution in [0, 0.1) is 11.3 Å². The second kappa shape index (κ2) is 7.13. The van der Waals surface area contributed by atoms with Crippen LogP contribution in [0.4, 0.5) is 13.2 Å². The molecule has 3 rings (SSSR count). The maximum absolute atomic E-state index is 12.9. The molecule has 2 atom stereocenters. The summed E-state index contributed by atoms with van der Waals surface area (Å²) in [7, 11) is 0. The summed E-state index contributed by atoms with van der Waals surface area (Å²) in [5, 5.41) is 6.47. The third kappa shape index (κ3) is 4.10. The Kier molecular flexibility index (Phi) is 5.27. The highest BCUT2D eigenvalue weighted by Gasteiger charge is 2.50. The molecule has 0 radical (unpaired) electrons. The first-order chi connectivity index (χ1) is 11.8. The van der Waals surface area contributed by atoms with E-state index in [9.17, 15) is 22.8 Å². The first-order valence-corrected chi connectivity index (χ1v) is 9.16. The van der Waals surface area contributed by atoms with Crippen molar-refractivity contribution in [1.82, 2.24) is 15.5 Å². The monoisotopic (exact) mass is 361 g/mol. The van der Waals surface area contributed by atoms with E-state index in [2.05, 4.69) is 10.6 Å². The van der Waals surface area contributed by atoms with E-state index >= 15 is 0 Å². The maximum Gasteiger partial charge on any atom is 0.397 e. The number of halogens is 3. The average Bonchev–Trinajstić information content (AvgIpc) is 2.99. The molecule has 2 amide bonds. The Labute approximate surface area is 145 Å². The largest absolute Gasteiger partial charge is 0.397 e. The van der Waals surface area contributed by atoms with Crippen LogP contribution < -0.4 is 10.6 Å². The van der Waals surface area contributed by atoms with Gasteiger partial charge in [-0.1, -0.05) is 12.8 Å². The molecule has 142 valence electrons. The van der Waals surface area contributed by atoms with Gasteiger partial charge in [0, 0.05) is 25.7 Å². The van der Waals surface area contributed by atoms with E-state index in [4.69, 9.17) is 0 Å². The zero-order valence-electron chi connectivity index (χ0n) is 14.3. The number of nitrogens with one attached hydrogen (secondary N) is 2. The summed E-state index contributed by atoms with van der Waals surface area (Å²) in [6.07, 6.45) is -0.623. The number of piperidine rings is 1. The van der Waals surface area contributed by atoms with Crippen LogP contribution in [0.2, 0.25) is 0 Å². The van der Waals surface area contributed by atoms with Crippen LogP contribution in [0.25, 0.3) is 0 Å². The molecule has 0 aromatic rings. The number of hydrogen-bond acceptors (Lipinski definition) is 3. The fourth-order valence-electron chi connectivity index (χ4n) is 4.58. The van der Waals surface area contributed by atoms with Crippen LogP contribution >= 0.6 is 0 Å². The molecule has 2 aliphatic heterocycles. The number of alkyl halides is 3. The number of hydrogen-bond donors (Lipinski definition) is 2. The van der Waals surface area contributed by atoms with Gasteiger partial charge in [-0.15, -0.1) is 0 Å². The number of nitrogens with zero attached hydrogens (tertiary/aromatic N) is 1. The second-order valence-corrected chi connectivity index (χ2v) is 7.65. The van der Waals surface area contributed by atoms with E-state index in [1.807, 2.05) is 0 Å². The fraction of sp³-hybridized carbons (Fsp3) is 0.882. The molecule has 2 N–H and O–H groups in total.